The van der Waals surface area contributed by atoms with Crippen molar-refractivity contribution < 1.29 is 9.59 Å². The van der Waals surface area contributed by atoms with Gasteiger partial charge >= 0.3 is 0 Å². The smallest absolute Gasteiger partial charge is 0.243 e. The molecule has 0 aliphatic rings. The number of benzene rings is 1. The lowest BCUT2D eigenvalue weighted by molar-refractivity contribution is -0.123. The molecule has 2 amide bonds. The molecule has 0 unspecified atom stereocenters. The van der Waals surface area contributed by atoms with Crippen molar-refractivity contribution in [2.24, 2.45) is 5.73 Å². The van der Waals surface area contributed by atoms with E-state index in [1.165, 1.54) is 0 Å². The number of hydrogen-bond donors (Lipinski definition) is 3. The van der Waals surface area contributed by atoms with E-state index in [-0.39, 0.29) is 24.9 Å². The first-order valence-corrected chi connectivity index (χ1v) is 7.48. The standard InChI is InChI=1S/C14H18N4O2S/c1-8(2)14-18-10-4-3-9(5-11(10)21-14)17-13(20)7-16-12(19)6-15/h3-5,8H,6-7,15H2,1-2H3,(H,16,19)(H,17,20). The van der Waals surface area contributed by atoms with Crippen molar-refractivity contribution in [3.8, 4) is 0 Å². The number of hydrogen-bond acceptors (Lipinski definition) is 5. The Morgan fingerprint density at radius 3 is 2.76 bits per heavy atom. The van der Waals surface area contributed by atoms with Crippen molar-refractivity contribution in [1.82, 2.24) is 10.3 Å². The fraction of sp³-hybridized carbons (Fsp3) is 0.357. The fourth-order valence-electron chi connectivity index (χ4n) is 1.72. The number of rotatable bonds is 5. The Kier molecular flexibility index (Phi) is 4.87. The molecule has 4 N–H and O–H groups in total. The van der Waals surface area contributed by atoms with E-state index in [0.29, 0.717) is 11.6 Å². The zero-order valence-corrected chi connectivity index (χ0v) is 12.8. The normalized spacial score (nSPS) is 10.9. The topological polar surface area (TPSA) is 97.1 Å². The number of amides is 2. The first kappa shape index (κ1) is 15.4. The van der Waals surface area contributed by atoms with Crippen LogP contribution in [0.2, 0.25) is 0 Å². The highest BCUT2D eigenvalue weighted by molar-refractivity contribution is 7.18. The van der Waals surface area contributed by atoms with Crippen molar-refractivity contribution in [2.45, 2.75) is 19.8 Å². The second-order valence-corrected chi connectivity index (χ2v) is 5.98. The van der Waals surface area contributed by atoms with E-state index in [1.807, 2.05) is 12.1 Å². The molecule has 6 nitrogen and oxygen atoms in total. The van der Waals surface area contributed by atoms with E-state index in [2.05, 4.69) is 29.5 Å². The van der Waals surface area contributed by atoms with Crippen LogP contribution in [-0.2, 0) is 9.59 Å². The second-order valence-electron chi connectivity index (χ2n) is 4.92. The molecule has 0 atom stereocenters. The average Bonchev–Trinajstić information content (AvgIpc) is 2.88. The van der Waals surface area contributed by atoms with Crippen LogP contribution in [0, 0.1) is 0 Å². The molecule has 21 heavy (non-hydrogen) atoms. The largest absolute Gasteiger partial charge is 0.346 e. The number of anilines is 1. The van der Waals surface area contributed by atoms with Crippen LogP contribution in [0.5, 0.6) is 0 Å². The van der Waals surface area contributed by atoms with Gasteiger partial charge in [0.25, 0.3) is 0 Å². The van der Waals surface area contributed by atoms with Gasteiger partial charge in [0.15, 0.2) is 0 Å². The second kappa shape index (κ2) is 6.64. The van der Waals surface area contributed by atoms with Gasteiger partial charge in [-0.05, 0) is 18.2 Å². The lowest BCUT2D eigenvalue weighted by Gasteiger charge is -2.06. The van der Waals surface area contributed by atoms with Crippen molar-refractivity contribution in [3.63, 3.8) is 0 Å². The van der Waals surface area contributed by atoms with Gasteiger partial charge in [0.05, 0.1) is 28.3 Å². The molecule has 2 aromatic rings. The Morgan fingerprint density at radius 1 is 1.33 bits per heavy atom. The summed E-state index contributed by atoms with van der Waals surface area (Å²) in [5.74, 6) is -0.263. The number of nitrogens with zero attached hydrogens (tertiary/aromatic N) is 1. The average molecular weight is 306 g/mol. The van der Waals surface area contributed by atoms with Crippen LogP contribution in [0.25, 0.3) is 10.2 Å². The number of carbonyl (C=O) groups is 2. The Morgan fingerprint density at radius 2 is 2.10 bits per heavy atom. The van der Waals surface area contributed by atoms with E-state index < -0.39 is 0 Å². The van der Waals surface area contributed by atoms with Crippen LogP contribution in [-0.4, -0.2) is 29.9 Å². The van der Waals surface area contributed by atoms with Gasteiger partial charge in [0.1, 0.15) is 0 Å². The number of nitrogens with two attached hydrogens (primary N) is 1. The number of fused-ring (bicyclic) bond motifs is 1. The number of thiazole rings is 1. The highest BCUT2D eigenvalue weighted by atomic mass is 32.1. The first-order valence-electron chi connectivity index (χ1n) is 6.66. The van der Waals surface area contributed by atoms with Crippen molar-refractivity contribution in [1.29, 1.82) is 0 Å². The summed E-state index contributed by atoms with van der Waals surface area (Å²) in [5, 5.41) is 6.23. The van der Waals surface area contributed by atoms with Crippen molar-refractivity contribution in [2.75, 3.05) is 18.4 Å². The van der Waals surface area contributed by atoms with Crippen LogP contribution < -0.4 is 16.4 Å². The molecule has 0 saturated heterocycles. The minimum atomic E-state index is -0.357. The molecule has 0 aliphatic carbocycles. The molecule has 0 fully saturated rings. The summed E-state index contributed by atoms with van der Waals surface area (Å²) in [6.07, 6.45) is 0. The Hall–Kier alpha value is -1.99. The predicted molar refractivity (Wildman–Crippen MR) is 84.4 cm³/mol. The first-order chi connectivity index (χ1) is 9.99. The summed E-state index contributed by atoms with van der Waals surface area (Å²) in [7, 11) is 0. The van der Waals surface area contributed by atoms with E-state index in [1.54, 1.807) is 17.4 Å². The fourth-order valence-corrected chi connectivity index (χ4v) is 2.73. The molecule has 1 aromatic heterocycles. The molecule has 7 heteroatoms. The van der Waals surface area contributed by atoms with Gasteiger partial charge in [-0.25, -0.2) is 4.98 Å². The number of aromatic nitrogens is 1. The molecule has 1 aromatic carbocycles. The maximum absolute atomic E-state index is 11.7. The molecule has 2 rings (SSSR count). The van der Waals surface area contributed by atoms with Crippen LogP contribution >= 0.6 is 11.3 Å². The summed E-state index contributed by atoms with van der Waals surface area (Å²) in [5.41, 5.74) is 6.77. The molecule has 112 valence electrons. The highest BCUT2D eigenvalue weighted by Gasteiger charge is 2.09. The maximum Gasteiger partial charge on any atom is 0.243 e. The summed E-state index contributed by atoms with van der Waals surface area (Å²) in [6, 6.07) is 5.57. The van der Waals surface area contributed by atoms with E-state index in [4.69, 9.17) is 5.73 Å². The SMILES string of the molecule is CC(C)c1nc2ccc(NC(=O)CNC(=O)CN)cc2s1. The minimum absolute atomic E-state index is 0.0893. The van der Waals surface area contributed by atoms with Gasteiger partial charge in [0, 0.05) is 11.6 Å². The van der Waals surface area contributed by atoms with E-state index >= 15 is 0 Å². The molecule has 0 spiro atoms. The molecule has 0 saturated carbocycles. The van der Waals surface area contributed by atoms with Crippen LogP contribution in [0.1, 0.15) is 24.8 Å². The third kappa shape index (κ3) is 3.99. The molecular formula is C14H18N4O2S. The van der Waals surface area contributed by atoms with Gasteiger partial charge in [-0.15, -0.1) is 11.3 Å². The molecule has 0 radical (unpaired) electrons. The molecule has 0 aliphatic heterocycles. The number of nitrogens with one attached hydrogen (secondary N) is 2. The van der Waals surface area contributed by atoms with E-state index in [9.17, 15) is 9.59 Å². The van der Waals surface area contributed by atoms with Gasteiger partial charge in [-0.2, -0.15) is 0 Å². The lowest BCUT2D eigenvalue weighted by atomic mass is 10.2. The van der Waals surface area contributed by atoms with Crippen molar-refractivity contribution >= 4 is 39.1 Å². The highest BCUT2D eigenvalue weighted by Crippen LogP contribution is 2.29. The summed E-state index contributed by atoms with van der Waals surface area (Å²) >= 11 is 1.62. The molecular weight excluding hydrogens is 288 g/mol. The van der Waals surface area contributed by atoms with Crippen molar-refractivity contribution in [3.05, 3.63) is 23.2 Å². The van der Waals surface area contributed by atoms with Gasteiger partial charge in [0.2, 0.25) is 11.8 Å². The van der Waals surface area contributed by atoms with Gasteiger partial charge in [-0.1, -0.05) is 13.8 Å². The maximum atomic E-state index is 11.7. The summed E-state index contributed by atoms with van der Waals surface area (Å²) in [6.45, 7) is 3.98. The van der Waals surface area contributed by atoms with Crippen LogP contribution in [0.4, 0.5) is 5.69 Å². The monoisotopic (exact) mass is 306 g/mol. The molecule has 1 heterocycles. The molecule has 0 bridgehead atoms. The summed E-state index contributed by atoms with van der Waals surface area (Å²) < 4.78 is 1.03. The zero-order chi connectivity index (χ0) is 15.4. The lowest BCUT2D eigenvalue weighted by Crippen LogP contribution is -2.36. The third-order valence-corrected chi connectivity index (χ3v) is 4.13. The Labute approximate surface area is 126 Å². The van der Waals surface area contributed by atoms with Gasteiger partial charge in [-0.3, -0.25) is 9.59 Å². The quantitative estimate of drug-likeness (QED) is 0.778. The number of carbonyl (C=O) groups excluding carboxylic acids is 2. The minimum Gasteiger partial charge on any atom is -0.346 e. The zero-order valence-electron chi connectivity index (χ0n) is 12.0. The Balaban J connectivity index is 2.05. The summed E-state index contributed by atoms with van der Waals surface area (Å²) in [4.78, 5) is 27.2. The predicted octanol–water partition coefficient (Wildman–Crippen LogP) is 1.43. The Bertz CT molecular complexity index is 666. The third-order valence-electron chi connectivity index (χ3n) is 2.81. The van der Waals surface area contributed by atoms with Gasteiger partial charge < -0.3 is 16.4 Å². The van der Waals surface area contributed by atoms with E-state index in [0.717, 1.165) is 15.2 Å². The van der Waals surface area contributed by atoms with Crippen LogP contribution in [0.15, 0.2) is 18.2 Å². The van der Waals surface area contributed by atoms with Crippen LogP contribution in [0.3, 0.4) is 0 Å².